The van der Waals surface area contributed by atoms with Crippen molar-refractivity contribution in [1.82, 2.24) is 4.90 Å². The summed E-state index contributed by atoms with van der Waals surface area (Å²) < 4.78 is 0. The van der Waals surface area contributed by atoms with Gasteiger partial charge in [0.05, 0.1) is 11.5 Å². The fourth-order valence-electron chi connectivity index (χ4n) is 1.96. The third-order valence-corrected chi connectivity index (χ3v) is 2.66. The van der Waals surface area contributed by atoms with Crippen LogP contribution in [0.15, 0.2) is 30.3 Å². The van der Waals surface area contributed by atoms with Gasteiger partial charge in [-0.05, 0) is 12.5 Å². The van der Waals surface area contributed by atoms with Gasteiger partial charge in [-0.2, -0.15) is 5.26 Å². The maximum atomic E-state index is 8.85. The molecule has 2 rings (SSSR count). The van der Waals surface area contributed by atoms with Crippen molar-refractivity contribution in [3.8, 4) is 6.07 Å². The molecule has 1 aliphatic rings. The molecule has 0 aromatic heterocycles. The smallest absolute Gasteiger partial charge is 0.0799 e. The number of hydrogen-bond donors (Lipinski definition) is 0. The van der Waals surface area contributed by atoms with Crippen molar-refractivity contribution in [1.29, 1.82) is 5.26 Å². The number of nitriles is 1. The van der Waals surface area contributed by atoms with E-state index in [1.54, 1.807) is 0 Å². The van der Waals surface area contributed by atoms with Crippen LogP contribution in [0.1, 0.15) is 12.5 Å². The van der Waals surface area contributed by atoms with E-state index in [2.05, 4.69) is 35.2 Å². The maximum absolute atomic E-state index is 8.85. The number of nitrogens with zero attached hydrogens (tertiary/aromatic N) is 2. The third-order valence-electron chi connectivity index (χ3n) is 2.66. The minimum atomic E-state index is -0.102. The van der Waals surface area contributed by atoms with E-state index in [1.165, 1.54) is 5.56 Å². The molecule has 0 spiro atoms. The van der Waals surface area contributed by atoms with Crippen LogP contribution >= 0.6 is 0 Å². The summed E-state index contributed by atoms with van der Waals surface area (Å²) in [6, 6.07) is 12.7. The molecule has 14 heavy (non-hydrogen) atoms. The van der Waals surface area contributed by atoms with Crippen molar-refractivity contribution in [2.75, 3.05) is 13.1 Å². The van der Waals surface area contributed by atoms with Crippen LogP contribution < -0.4 is 0 Å². The molecule has 72 valence electrons. The molecule has 1 aliphatic heterocycles. The molecule has 0 aliphatic carbocycles. The molecule has 1 aromatic carbocycles. The summed E-state index contributed by atoms with van der Waals surface area (Å²) in [5.41, 5.74) is 1.22. The summed E-state index contributed by atoms with van der Waals surface area (Å²) in [4.78, 5) is 2.30. The van der Waals surface area contributed by atoms with E-state index in [-0.39, 0.29) is 5.41 Å². The molecule has 1 fully saturated rings. The van der Waals surface area contributed by atoms with Gasteiger partial charge in [0.1, 0.15) is 0 Å². The Hall–Kier alpha value is -1.33. The zero-order valence-electron chi connectivity index (χ0n) is 8.40. The van der Waals surface area contributed by atoms with Crippen molar-refractivity contribution in [3.63, 3.8) is 0 Å². The summed E-state index contributed by atoms with van der Waals surface area (Å²) in [7, 11) is 0. The highest BCUT2D eigenvalue weighted by atomic mass is 15.2. The second kappa shape index (κ2) is 3.43. The molecule has 2 heteroatoms. The van der Waals surface area contributed by atoms with Gasteiger partial charge in [0.15, 0.2) is 0 Å². The molecule has 0 amide bonds. The Morgan fingerprint density at radius 2 is 2.00 bits per heavy atom. The van der Waals surface area contributed by atoms with Gasteiger partial charge in [0.25, 0.3) is 0 Å². The molecule has 1 aromatic rings. The maximum Gasteiger partial charge on any atom is 0.0799 e. The van der Waals surface area contributed by atoms with Crippen LogP contribution in [0.4, 0.5) is 0 Å². The number of hydrogen-bond acceptors (Lipinski definition) is 2. The SMILES string of the molecule is CC1(C#N)CN(Cc2ccccc2)C1. The first-order valence-electron chi connectivity index (χ1n) is 4.89. The first kappa shape index (κ1) is 9.23. The van der Waals surface area contributed by atoms with Crippen molar-refractivity contribution < 1.29 is 0 Å². The highest BCUT2D eigenvalue weighted by Crippen LogP contribution is 2.29. The van der Waals surface area contributed by atoms with Crippen LogP contribution in [0, 0.1) is 16.7 Å². The second-order valence-electron chi connectivity index (χ2n) is 4.30. The average Bonchev–Trinajstić information content (AvgIpc) is 2.17. The lowest BCUT2D eigenvalue weighted by Crippen LogP contribution is -2.53. The van der Waals surface area contributed by atoms with Gasteiger partial charge < -0.3 is 0 Å². The highest BCUT2D eigenvalue weighted by Gasteiger charge is 2.38. The molecule has 1 saturated heterocycles. The van der Waals surface area contributed by atoms with Crippen molar-refractivity contribution in [2.45, 2.75) is 13.5 Å². The predicted octanol–water partition coefficient (Wildman–Crippen LogP) is 2.03. The van der Waals surface area contributed by atoms with Gasteiger partial charge in [-0.25, -0.2) is 0 Å². The average molecular weight is 186 g/mol. The molecule has 0 bridgehead atoms. The lowest BCUT2D eigenvalue weighted by molar-refractivity contribution is 0.0530. The Morgan fingerprint density at radius 3 is 2.57 bits per heavy atom. The van der Waals surface area contributed by atoms with Crippen LogP contribution in [0.5, 0.6) is 0 Å². The van der Waals surface area contributed by atoms with Gasteiger partial charge in [-0.1, -0.05) is 30.3 Å². The van der Waals surface area contributed by atoms with E-state index in [4.69, 9.17) is 5.26 Å². The summed E-state index contributed by atoms with van der Waals surface area (Å²) in [5, 5.41) is 8.85. The summed E-state index contributed by atoms with van der Waals surface area (Å²) >= 11 is 0. The first-order valence-corrected chi connectivity index (χ1v) is 4.89. The molecule has 0 unspecified atom stereocenters. The second-order valence-corrected chi connectivity index (χ2v) is 4.30. The van der Waals surface area contributed by atoms with Gasteiger partial charge in [-0.15, -0.1) is 0 Å². The molecule has 2 nitrogen and oxygen atoms in total. The Kier molecular flexibility index (Phi) is 2.26. The number of likely N-dealkylation sites (tertiary alicyclic amines) is 1. The Labute approximate surface area is 84.8 Å². The van der Waals surface area contributed by atoms with E-state index in [1.807, 2.05) is 13.0 Å². The van der Waals surface area contributed by atoms with Crippen molar-refractivity contribution >= 4 is 0 Å². The standard InChI is InChI=1S/C12H14N2/c1-12(8-13)9-14(10-12)7-11-5-3-2-4-6-11/h2-6H,7,9-10H2,1H3. The normalized spacial score (nSPS) is 19.7. The minimum absolute atomic E-state index is 0.102. The van der Waals surface area contributed by atoms with Gasteiger partial charge in [0.2, 0.25) is 0 Å². The zero-order valence-corrected chi connectivity index (χ0v) is 8.40. The summed E-state index contributed by atoms with van der Waals surface area (Å²) in [6.07, 6.45) is 0. The van der Waals surface area contributed by atoms with Gasteiger partial charge in [0, 0.05) is 19.6 Å². The van der Waals surface area contributed by atoms with E-state index >= 15 is 0 Å². The van der Waals surface area contributed by atoms with Crippen molar-refractivity contribution in [3.05, 3.63) is 35.9 Å². The number of rotatable bonds is 2. The molecule has 0 N–H and O–H groups in total. The van der Waals surface area contributed by atoms with Crippen LogP contribution in [-0.2, 0) is 6.54 Å². The minimum Gasteiger partial charge on any atom is -0.296 e. The van der Waals surface area contributed by atoms with Crippen LogP contribution in [0.2, 0.25) is 0 Å². The van der Waals surface area contributed by atoms with E-state index in [9.17, 15) is 0 Å². The Bertz CT molecular complexity index is 344. The lowest BCUT2D eigenvalue weighted by Gasteiger charge is -2.43. The first-order chi connectivity index (χ1) is 6.72. The van der Waals surface area contributed by atoms with E-state index in [0.29, 0.717) is 0 Å². The largest absolute Gasteiger partial charge is 0.296 e. The Morgan fingerprint density at radius 1 is 1.36 bits per heavy atom. The predicted molar refractivity (Wildman–Crippen MR) is 55.4 cm³/mol. The molecule has 0 radical (unpaired) electrons. The number of benzene rings is 1. The van der Waals surface area contributed by atoms with E-state index < -0.39 is 0 Å². The van der Waals surface area contributed by atoms with Gasteiger partial charge in [-0.3, -0.25) is 4.90 Å². The molecule has 0 atom stereocenters. The van der Waals surface area contributed by atoms with Crippen molar-refractivity contribution in [2.24, 2.45) is 5.41 Å². The summed E-state index contributed by atoms with van der Waals surface area (Å²) in [6.45, 7) is 4.80. The Balaban J connectivity index is 1.89. The monoisotopic (exact) mass is 186 g/mol. The molecule has 0 saturated carbocycles. The highest BCUT2D eigenvalue weighted by molar-refractivity contribution is 5.16. The zero-order chi connectivity index (χ0) is 10.0. The quantitative estimate of drug-likeness (QED) is 0.706. The topological polar surface area (TPSA) is 27.0 Å². The molecule has 1 heterocycles. The van der Waals surface area contributed by atoms with Gasteiger partial charge >= 0.3 is 0 Å². The summed E-state index contributed by atoms with van der Waals surface area (Å²) in [5.74, 6) is 0. The fourth-order valence-corrected chi connectivity index (χ4v) is 1.96. The van der Waals surface area contributed by atoms with Crippen LogP contribution in [0.3, 0.4) is 0 Å². The van der Waals surface area contributed by atoms with Crippen LogP contribution in [0.25, 0.3) is 0 Å². The molecular weight excluding hydrogens is 172 g/mol. The third kappa shape index (κ3) is 1.78. The molecular formula is C12H14N2. The fraction of sp³-hybridized carbons (Fsp3) is 0.417. The van der Waals surface area contributed by atoms with Crippen LogP contribution in [-0.4, -0.2) is 18.0 Å². The lowest BCUT2D eigenvalue weighted by atomic mass is 9.83. The van der Waals surface area contributed by atoms with E-state index in [0.717, 1.165) is 19.6 Å².